The van der Waals surface area contributed by atoms with Crippen LogP contribution in [0.1, 0.15) is 72.3 Å². The summed E-state index contributed by atoms with van der Waals surface area (Å²) < 4.78 is 5.34. The molecule has 2 rings (SSSR count). The maximum atomic E-state index is 13.6. The molecule has 0 saturated carbocycles. The number of hydrogen-bond acceptors (Lipinski definition) is 8. The van der Waals surface area contributed by atoms with Crippen LogP contribution in [-0.4, -0.2) is 105 Å². The Morgan fingerprint density at radius 1 is 0.886 bits per heavy atom. The molecule has 0 radical (unpaired) electrons. The van der Waals surface area contributed by atoms with E-state index in [1.54, 1.807) is 18.7 Å². The molecule has 1 heterocycles. The Morgan fingerprint density at radius 3 is 1.93 bits per heavy atom. The van der Waals surface area contributed by atoms with E-state index in [0.717, 1.165) is 43.2 Å². The van der Waals surface area contributed by atoms with Gasteiger partial charge in [0.2, 0.25) is 11.8 Å². The second-order valence-corrected chi connectivity index (χ2v) is 11.3. The Bertz CT molecular complexity index is 1170. The number of carbonyl (C=O) groups is 6. The number of likely N-dealkylation sites (N-methyl/N-ethyl adjacent to an activating group) is 1. The lowest BCUT2D eigenvalue weighted by atomic mass is 10.0. The molecule has 244 valence electrons. The van der Waals surface area contributed by atoms with Gasteiger partial charge in [0, 0.05) is 26.6 Å². The summed E-state index contributed by atoms with van der Waals surface area (Å²) in [4.78, 5) is 81.2. The molecule has 1 aliphatic heterocycles. The number of hydrazine groups is 1. The monoisotopic (exact) mass is 617 g/mol. The first-order valence-electron chi connectivity index (χ1n) is 15.2. The van der Waals surface area contributed by atoms with Gasteiger partial charge in [-0.25, -0.2) is 9.80 Å². The molecule has 13 nitrogen and oxygen atoms in total. The van der Waals surface area contributed by atoms with Crippen LogP contribution < -0.4 is 5.73 Å². The van der Waals surface area contributed by atoms with Crippen molar-refractivity contribution in [3.63, 3.8) is 0 Å². The molecule has 1 aromatic carbocycles. The number of aryl methyl sites for hydroxylation is 1. The van der Waals surface area contributed by atoms with Crippen molar-refractivity contribution in [2.24, 2.45) is 11.7 Å². The van der Waals surface area contributed by atoms with Crippen molar-refractivity contribution in [3.8, 4) is 0 Å². The van der Waals surface area contributed by atoms with Gasteiger partial charge >= 0.3 is 6.09 Å². The van der Waals surface area contributed by atoms with E-state index < -0.39 is 59.9 Å². The van der Waals surface area contributed by atoms with E-state index in [1.165, 1.54) is 6.92 Å². The third kappa shape index (κ3) is 9.33. The molecule has 0 bridgehead atoms. The largest absolute Gasteiger partial charge is 0.463 e. The summed E-state index contributed by atoms with van der Waals surface area (Å²) in [5.41, 5.74) is 6.92. The zero-order valence-corrected chi connectivity index (χ0v) is 26.6. The Labute approximate surface area is 259 Å². The molecular formula is C31H47N5O8. The molecule has 3 N–H and O–H groups in total. The van der Waals surface area contributed by atoms with Gasteiger partial charge in [0.15, 0.2) is 12.2 Å². The van der Waals surface area contributed by atoms with Crippen molar-refractivity contribution in [1.29, 1.82) is 0 Å². The van der Waals surface area contributed by atoms with E-state index in [2.05, 4.69) is 0 Å². The van der Waals surface area contributed by atoms with Crippen LogP contribution >= 0.6 is 0 Å². The number of nitrogens with zero attached hydrogens (tertiary/aromatic N) is 4. The maximum absolute atomic E-state index is 13.6. The Kier molecular flexibility index (Phi) is 13.9. The summed E-state index contributed by atoms with van der Waals surface area (Å²) in [6.45, 7) is 9.60. The average molecular weight is 618 g/mol. The molecule has 0 spiro atoms. The van der Waals surface area contributed by atoms with E-state index in [4.69, 9.17) is 10.5 Å². The first-order chi connectivity index (χ1) is 20.8. The molecule has 0 aliphatic carbocycles. The number of amides is 6. The number of epoxide rings is 1. The van der Waals surface area contributed by atoms with Crippen LogP contribution in [0.3, 0.4) is 0 Å². The number of unbranched alkanes of at least 4 members (excludes halogenated alkanes) is 2. The quantitative estimate of drug-likeness (QED) is 0.221. The molecule has 0 unspecified atom stereocenters. The first kappa shape index (κ1) is 36.4. The summed E-state index contributed by atoms with van der Waals surface area (Å²) in [7, 11) is 1.04. The van der Waals surface area contributed by atoms with Gasteiger partial charge in [-0.3, -0.25) is 28.9 Å². The topological polar surface area (TPSA) is 174 Å². The normalized spacial score (nSPS) is 16.9. The molecular weight excluding hydrogens is 570 g/mol. The van der Waals surface area contributed by atoms with Crippen LogP contribution in [0.5, 0.6) is 0 Å². The smallest absolute Gasteiger partial charge is 0.433 e. The SMILES string of the molecule is CCCCN(CCCC)C(=O)[C@H]1O[C@@H]1C(=O)N(C(=O)O)N(C)C(=O)[C@H](C)N(C(=O)CCc1ccccc1)C(=O)[C@@H](N)C(C)C. The Hall–Kier alpha value is -3.84. The number of carboxylic acid groups (broad SMARTS) is 1. The van der Waals surface area contributed by atoms with E-state index in [9.17, 15) is 33.9 Å². The third-order valence-corrected chi connectivity index (χ3v) is 7.59. The zero-order valence-electron chi connectivity index (χ0n) is 26.6. The second-order valence-electron chi connectivity index (χ2n) is 11.3. The highest BCUT2D eigenvalue weighted by Crippen LogP contribution is 2.28. The van der Waals surface area contributed by atoms with Gasteiger partial charge in [-0.15, -0.1) is 5.01 Å². The fourth-order valence-corrected chi connectivity index (χ4v) is 4.66. The van der Waals surface area contributed by atoms with E-state index in [1.807, 2.05) is 44.2 Å². The number of hydrogen-bond donors (Lipinski definition) is 2. The molecule has 1 aliphatic rings. The van der Waals surface area contributed by atoms with Crippen LogP contribution in [0, 0.1) is 5.92 Å². The number of imide groups is 2. The summed E-state index contributed by atoms with van der Waals surface area (Å²) >= 11 is 0. The standard InChI is InChI=1S/C31H47N5O8/c1-7-9-18-34(19-10-8-2)29(40)25-26(44-25)30(41)36(31(42)43)33(6)27(38)21(5)35(28(39)24(32)20(3)4)23(37)17-16-22-14-12-11-13-15-22/h11-15,20-21,24-26H,7-10,16-19,32H2,1-6H3,(H,42,43)/t21-,24-,25-,26-/m0/s1. The number of benzene rings is 1. The van der Waals surface area contributed by atoms with Crippen LogP contribution in [0.15, 0.2) is 30.3 Å². The molecule has 0 aromatic heterocycles. The van der Waals surface area contributed by atoms with E-state index in [0.29, 0.717) is 24.5 Å². The molecule has 6 amide bonds. The van der Waals surface area contributed by atoms with Crippen LogP contribution in [0.25, 0.3) is 0 Å². The Balaban J connectivity index is 2.24. The third-order valence-electron chi connectivity index (χ3n) is 7.59. The minimum atomic E-state index is -1.79. The van der Waals surface area contributed by atoms with Gasteiger partial charge in [-0.2, -0.15) is 0 Å². The first-order valence-corrected chi connectivity index (χ1v) is 15.2. The van der Waals surface area contributed by atoms with Gasteiger partial charge in [-0.05, 0) is 37.7 Å². The van der Waals surface area contributed by atoms with E-state index >= 15 is 0 Å². The zero-order chi connectivity index (χ0) is 33.1. The summed E-state index contributed by atoms with van der Waals surface area (Å²) in [5.74, 6) is -4.39. The number of rotatable bonds is 15. The van der Waals surface area contributed by atoms with Gasteiger partial charge in [0.05, 0.1) is 6.04 Å². The summed E-state index contributed by atoms with van der Waals surface area (Å²) in [5, 5.41) is 10.6. The van der Waals surface area contributed by atoms with Crippen molar-refractivity contribution in [3.05, 3.63) is 35.9 Å². The van der Waals surface area contributed by atoms with Crippen molar-refractivity contribution in [2.45, 2.75) is 97.4 Å². The number of ether oxygens (including phenoxy) is 1. The fraction of sp³-hybridized carbons (Fsp3) is 0.613. The minimum absolute atomic E-state index is 0.115. The lowest BCUT2D eigenvalue weighted by Crippen LogP contribution is -2.60. The van der Waals surface area contributed by atoms with Gasteiger partial charge in [0.25, 0.3) is 17.7 Å². The predicted molar refractivity (Wildman–Crippen MR) is 162 cm³/mol. The molecule has 13 heteroatoms. The highest BCUT2D eigenvalue weighted by atomic mass is 16.6. The predicted octanol–water partition coefficient (Wildman–Crippen LogP) is 2.42. The Morgan fingerprint density at radius 2 is 1.43 bits per heavy atom. The average Bonchev–Trinajstić information content (AvgIpc) is 3.80. The molecule has 44 heavy (non-hydrogen) atoms. The van der Waals surface area contributed by atoms with Gasteiger partial charge in [0.1, 0.15) is 6.04 Å². The lowest BCUT2D eigenvalue weighted by molar-refractivity contribution is -0.165. The second kappa shape index (κ2) is 16.9. The van der Waals surface area contributed by atoms with E-state index in [-0.39, 0.29) is 17.3 Å². The molecule has 4 atom stereocenters. The fourth-order valence-electron chi connectivity index (χ4n) is 4.66. The van der Waals surface area contributed by atoms with Crippen LogP contribution in [-0.2, 0) is 35.1 Å². The van der Waals surface area contributed by atoms with Crippen LogP contribution in [0.4, 0.5) is 4.79 Å². The number of nitrogens with two attached hydrogens (primary N) is 1. The van der Waals surface area contributed by atoms with Crippen molar-refractivity contribution in [1.82, 2.24) is 19.8 Å². The highest BCUT2D eigenvalue weighted by molar-refractivity contribution is 6.04. The van der Waals surface area contributed by atoms with Gasteiger partial charge in [-0.1, -0.05) is 70.9 Å². The van der Waals surface area contributed by atoms with Crippen molar-refractivity contribution < 1.29 is 38.6 Å². The van der Waals surface area contributed by atoms with Crippen molar-refractivity contribution in [2.75, 3.05) is 20.1 Å². The van der Waals surface area contributed by atoms with Crippen LogP contribution in [0.2, 0.25) is 0 Å². The number of carbonyl (C=O) groups excluding carboxylic acids is 5. The minimum Gasteiger partial charge on any atom is -0.463 e. The lowest BCUT2D eigenvalue weighted by Gasteiger charge is -2.34. The maximum Gasteiger partial charge on any atom is 0.433 e. The molecule has 1 aromatic rings. The molecule has 1 fully saturated rings. The summed E-state index contributed by atoms with van der Waals surface area (Å²) in [6, 6.07) is 6.49. The summed E-state index contributed by atoms with van der Waals surface area (Å²) in [6.07, 6.45) is -0.936. The highest BCUT2D eigenvalue weighted by Gasteiger charge is 2.55. The molecule has 1 saturated heterocycles. The van der Waals surface area contributed by atoms with Gasteiger partial charge < -0.3 is 20.5 Å². The van der Waals surface area contributed by atoms with Crippen molar-refractivity contribution >= 4 is 35.6 Å².